The van der Waals surface area contributed by atoms with Crippen LogP contribution in [0.25, 0.3) is 10.9 Å². The molecule has 1 unspecified atom stereocenters. The van der Waals surface area contributed by atoms with Crippen LogP contribution in [0.5, 0.6) is 0 Å². The molecule has 0 aliphatic carbocycles. The number of hydrogen-bond acceptors (Lipinski definition) is 6. The molecule has 9 nitrogen and oxygen atoms in total. The van der Waals surface area contributed by atoms with Gasteiger partial charge in [-0.05, 0) is 35.9 Å². The third-order valence-corrected chi connectivity index (χ3v) is 6.86. The predicted molar refractivity (Wildman–Crippen MR) is 117 cm³/mol. The van der Waals surface area contributed by atoms with Gasteiger partial charge in [0, 0.05) is 30.7 Å². The van der Waals surface area contributed by atoms with Gasteiger partial charge in [0.1, 0.15) is 0 Å². The molecular weight excluding hydrogens is 444 g/mol. The first-order valence-electron chi connectivity index (χ1n) is 9.67. The second kappa shape index (κ2) is 8.93. The van der Waals surface area contributed by atoms with Crippen LogP contribution in [-0.4, -0.2) is 56.1 Å². The highest BCUT2D eigenvalue weighted by Crippen LogP contribution is 2.25. The van der Waals surface area contributed by atoms with Gasteiger partial charge in [-0.15, -0.1) is 0 Å². The molecule has 2 heterocycles. The highest BCUT2D eigenvalue weighted by Gasteiger charge is 2.25. The lowest BCUT2D eigenvalue weighted by atomic mass is 10.1. The molecule has 0 spiro atoms. The van der Waals surface area contributed by atoms with E-state index in [4.69, 9.17) is 16.3 Å². The Bertz CT molecular complexity index is 1310. The minimum Gasteiger partial charge on any atom is -0.379 e. The van der Waals surface area contributed by atoms with E-state index in [0.717, 1.165) is 5.56 Å². The Morgan fingerprint density at radius 1 is 1.10 bits per heavy atom. The van der Waals surface area contributed by atoms with Gasteiger partial charge >= 0.3 is 5.69 Å². The van der Waals surface area contributed by atoms with E-state index < -0.39 is 21.3 Å². The van der Waals surface area contributed by atoms with E-state index in [1.165, 1.54) is 18.2 Å². The van der Waals surface area contributed by atoms with Crippen molar-refractivity contribution in [3.05, 3.63) is 73.9 Å². The summed E-state index contributed by atoms with van der Waals surface area (Å²) in [6.07, 6.45) is 0. The maximum absolute atomic E-state index is 13.0. The molecule has 0 amide bonds. The van der Waals surface area contributed by atoms with Crippen LogP contribution >= 0.6 is 11.6 Å². The molecule has 0 radical (unpaired) electrons. The number of hydrogen-bond donors (Lipinski definition) is 3. The fraction of sp³-hybridized carbons (Fsp3) is 0.300. The average Bonchev–Trinajstić information content (AvgIpc) is 2.74. The summed E-state index contributed by atoms with van der Waals surface area (Å²) in [5.41, 5.74) is -0.149. The molecule has 2 aromatic carbocycles. The van der Waals surface area contributed by atoms with Crippen molar-refractivity contribution in [3.8, 4) is 0 Å². The van der Waals surface area contributed by atoms with Gasteiger partial charge in [-0.1, -0.05) is 23.7 Å². The normalized spacial score (nSPS) is 16.4. The van der Waals surface area contributed by atoms with E-state index in [9.17, 15) is 18.0 Å². The fourth-order valence-corrected chi connectivity index (χ4v) is 4.91. The molecule has 31 heavy (non-hydrogen) atoms. The molecule has 0 bridgehead atoms. The van der Waals surface area contributed by atoms with Crippen molar-refractivity contribution in [2.24, 2.45) is 0 Å². The number of nitrogens with zero attached hydrogens (tertiary/aromatic N) is 1. The van der Waals surface area contributed by atoms with Crippen LogP contribution < -0.4 is 16.0 Å². The van der Waals surface area contributed by atoms with Crippen LogP contribution in [0, 0.1) is 0 Å². The van der Waals surface area contributed by atoms with Crippen molar-refractivity contribution in [1.82, 2.24) is 19.6 Å². The van der Waals surface area contributed by atoms with Gasteiger partial charge in [-0.2, -0.15) is 0 Å². The van der Waals surface area contributed by atoms with Gasteiger partial charge in [0.25, 0.3) is 5.56 Å². The lowest BCUT2D eigenvalue weighted by molar-refractivity contribution is 0.0172. The molecule has 1 aliphatic rings. The maximum atomic E-state index is 13.0. The monoisotopic (exact) mass is 464 g/mol. The Balaban J connectivity index is 1.62. The zero-order valence-electron chi connectivity index (χ0n) is 16.4. The minimum absolute atomic E-state index is 0.0654. The summed E-state index contributed by atoms with van der Waals surface area (Å²) in [6, 6.07) is 11.1. The van der Waals surface area contributed by atoms with Gasteiger partial charge in [0.2, 0.25) is 10.0 Å². The second-order valence-corrected chi connectivity index (χ2v) is 9.39. The first kappa shape index (κ1) is 21.7. The Morgan fingerprint density at radius 3 is 2.61 bits per heavy atom. The molecule has 1 fully saturated rings. The molecule has 1 aliphatic heterocycles. The van der Waals surface area contributed by atoms with Crippen molar-refractivity contribution in [2.45, 2.75) is 10.9 Å². The van der Waals surface area contributed by atoms with Gasteiger partial charge in [-0.3, -0.25) is 14.7 Å². The Morgan fingerprint density at radius 2 is 1.87 bits per heavy atom. The van der Waals surface area contributed by atoms with Gasteiger partial charge in [0.15, 0.2) is 0 Å². The van der Waals surface area contributed by atoms with Crippen LogP contribution in [0.3, 0.4) is 0 Å². The Kier molecular flexibility index (Phi) is 6.26. The van der Waals surface area contributed by atoms with Gasteiger partial charge in [-0.25, -0.2) is 17.9 Å². The molecule has 3 aromatic rings. The number of ether oxygens (including phenoxy) is 1. The van der Waals surface area contributed by atoms with E-state index in [2.05, 4.69) is 19.6 Å². The number of nitrogens with one attached hydrogen (secondary N) is 3. The second-order valence-electron chi connectivity index (χ2n) is 7.19. The third-order valence-electron chi connectivity index (χ3n) is 5.21. The molecule has 0 saturated carbocycles. The fourth-order valence-electron chi connectivity index (χ4n) is 3.64. The summed E-state index contributed by atoms with van der Waals surface area (Å²) in [5, 5.41) is 0.656. The van der Waals surface area contributed by atoms with Crippen LogP contribution in [-0.2, 0) is 14.8 Å². The summed E-state index contributed by atoms with van der Waals surface area (Å²) in [5.74, 6) is 0. The number of aromatic amines is 2. The smallest absolute Gasteiger partial charge is 0.326 e. The highest BCUT2D eigenvalue weighted by molar-refractivity contribution is 7.89. The Hall–Kier alpha value is -2.50. The molecule has 1 atom stereocenters. The van der Waals surface area contributed by atoms with Crippen LogP contribution in [0.1, 0.15) is 11.6 Å². The molecule has 3 N–H and O–H groups in total. The molecule has 164 valence electrons. The summed E-state index contributed by atoms with van der Waals surface area (Å²) in [7, 11) is -3.92. The summed E-state index contributed by atoms with van der Waals surface area (Å²) < 4.78 is 34.0. The number of fused-ring (bicyclic) bond motifs is 1. The topological polar surface area (TPSA) is 124 Å². The number of halogens is 1. The van der Waals surface area contributed by atoms with Crippen LogP contribution in [0.2, 0.25) is 5.02 Å². The summed E-state index contributed by atoms with van der Waals surface area (Å²) in [6.45, 7) is 2.57. The number of sulfonamides is 1. The van der Waals surface area contributed by atoms with Crippen molar-refractivity contribution >= 4 is 32.5 Å². The SMILES string of the molecule is O=c1[nH]c(=O)c2cc(S(=O)(=O)NCC(c3cccc(Cl)c3)N3CCOCC3)ccc2[nH]1. The molecular formula is C20H21ClN4O5S. The zero-order valence-corrected chi connectivity index (χ0v) is 18.0. The van der Waals surface area contributed by atoms with Crippen molar-refractivity contribution in [1.29, 1.82) is 0 Å². The lowest BCUT2D eigenvalue weighted by Gasteiger charge is -2.35. The number of H-pyrrole nitrogens is 2. The molecule has 1 saturated heterocycles. The van der Waals surface area contributed by atoms with E-state index in [1.54, 1.807) is 6.07 Å². The van der Waals surface area contributed by atoms with Crippen molar-refractivity contribution in [2.75, 3.05) is 32.8 Å². The zero-order chi connectivity index (χ0) is 22.0. The standard InChI is InChI=1S/C20H21ClN4O5S/c21-14-3-1-2-13(10-14)18(25-6-8-30-9-7-25)12-22-31(28,29)15-4-5-17-16(11-15)19(26)24-20(27)23-17/h1-5,10-11,18,22H,6-9,12H2,(H2,23,24,26,27). The summed E-state index contributed by atoms with van der Waals surface area (Å²) in [4.78, 5) is 30.1. The number of aromatic nitrogens is 2. The van der Waals surface area contributed by atoms with E-state index in [1.807, 2.05) is 18.2 Å². The lowest BCUT2D eigenvalue weighted by Crippen LogP contribution is -2.43. The first-order valence-corrected chi connectivity index (χ1v) is 11.5. The van der Waals surface area contributed by atoms with Crippen LogP contribution in [0.4, 0.5) is 0 Å². The Labute approximate surface area is 183 Å². The number of benzene rings is 2. The van der Waals surface area contributed by atoms with Crippen molar-refractivity contribution < 1.29 is 13.2 Å². The minimum atomic E-state index is -3.92. The van der Waals surface area contributed by atoms with Crippen LogP contribution in [0.15, 0.2) is 56.9 Å². The van der Waals surface area contributed by atoms with E-state index in [0.29, 0.717) is 31.3 Å². The quantitative estimate of drug-likeness (QED) is 0.504. The third kappa shape index (κ3) is 4.89. The van der Waals surface area contributed by atoms with E-state index in [-0.39, 0.29) is 28.4 Å². The highest BCUT2D eigenvalue weighted by atomic mass is 35.5. The van der Waals surface area contributed by atoms with Crippen molar-refractivity contribution in [3.63, 3.8) is 0 Å². The average molecular weight is 465 g/mol. The maximum Gasteiger partial charge on any atom is 0.326 e. The van der Waals surface area contributed by atoms with E-state index >= 15 is 0 Å². The largest absolute Gasteiger partial charge is 0.379 e. The summed E-state index contributed by atoms with van der Waals surface area (Å²) >= 11 is 6.16. The molecule has 4 rings (SSSR count). The van der Waals surface area contributed by atoms with Gasteiger partial charge in [0.05, 0.1) is 29.0 Å². The van der Waals surface area contributed by atoms with Gasteiger partial charge < -0.3 is 9.72 Å². The molecule has 1 aromatic heterocycles. The molecule has 11 heteroatoms. The first-order chi connectivity index (χ1) is 14.8. The number of morpholine rings is 1. The predicted octanol–water partition coefficient (Wildman–Crippen LogP) is 1.22. The number of rotatable bonds is 6.